The van der Waals surface area contributed by atoms with Crippen molar-refractivity contribution in [3.63, 3.8) is 0 Å². The van der Waals surface area contributed by atoms with Gasteiger partial charge in [0.25, 0.3) is 0 Å². The highest BCUT2D eigenvalue weighted by Crippen LogP contribution is 2.13. The van der Waals surface area contributed by atoms with Crippen molar-refractivity contribution in [1.29, 1.82) is 0 Å². The van der Waals surface area contributed by atoms with Crippen LogP contribution < -0.4 is 0 Å². The standard InChI is InChI=1S/C11H13N3O2S/c1-2-3-5-14-10(12-13-11(14)17)9(15)8-4-6-16-7-8/h4,6-7H,2-3,5H2,1H3,(H,13,17). The SMILES string of the molecule is CCCCn1c(S)nnc1C(=O)c1ccoc1. The van der Waals surface area contributed by atoms with Gasteiger partial charge < -0.3 is 4.42 Å². The number of nitrogens with zero attached hydrogens (tertiary/aromatic N) is 3. The second-order valence-electron chi connectivity index (χ2n) is 3.67. The van der Waals surface area contributed by atoms with Crippen molar-refractivity contribution in [1.82, 2.24) is 14.8 Å². The van der Waals surface area contributed by atoms with E-state index in [0.29, 0.717) is 23.1 Å². The summed E-state index contributed by atoms with van der Waals surface area (Å²) in [7, 11) is 0. The van der Waals surface area contributed by atoms with Crippen LogP contribution in [0, 0.1) is 0 Å². The molecule has 0 spiro atoms. The first-order valence-corrected chi connectivity index (χ1v) is 5.87. The first-order chi connectivity index (χ1) is 8.24. The van der Waals surface area contributed by atoms with Crippen LogP contribution in [-0.4, -0.2) is 20.5 Å². The number of furan rings is 1. The van der Waals surface area contributed by atoms with Gasteiger partial charge in [-0.05, 0) is 12.5 Å². The van der Waals surface area contributed by atoms with E-state index in [1.54, 1.807) is 10.6 Å². The van der Waals surface area contributed by atoms with Crippen molar-refractivity contribution in [3.8, 4) is 0 Å². The molecular formula is C11H13N3O2S. The number of rotatable bonds is 5. The number of unbranched alkanes of at least 4 members (excludes halogenated alkanes) is 1. The van der Waals surface area contributed by atoms with Crippen molar-refractivity contribution in [2.24, 2.45) is 0 Å². The third-order valence-corrected chi connectivity index (χ3v) is 2.78. The van der Waals surface area contributed by atoms with E-state index < -0.39 is 0 Å². The summed E-state index contributed by atoms with van der Waals surface area (Å²) in [6.45, 7) is 2.78. The van der Waals surface area contributed by atoms with Crippen molar-refractivity contribution in [3.05, 3.63) is 30.0 Å². The Morgan fingerprint density at radius 1 is 1.53 bits per heavy atom. The lowest BCUT2D eigenvalue weighted by Crippen LogP contribution is -2.11. The first kappa shape index (κ1) is 11.9. The molecule has 0 N–H and O–H groups in total. The molecular weight excluding hydrogens is 238 g/mol. The Balaban J connectivity index is 2.29. The zero-order valence-corrected chi connectivity index (χ0v) is 10.4. The van der Waals surface area contributed by atoms with E-state index in [2.05, 4.69) is 29.7 Å². The Bertz CT molecular complexity index is 505. The molecule has 2 rings (SSSR count). The highest BCUT2D eigenvalue weighted by molar-refractivity contribution is 7.80. The third kappa shape index (κ3) is 2.41. The number of ketones is 1. The minimum atomic E-state index is -0.192. The van der Waals surface area contributed by atoms with Crippen LogP contribution >= 0.6 is 12.6 Å². The van der Waals surface area contributed by atoms with E-state index >= 15 is 0 Å². The van der Waals surface area contributed by atoms with E-state index in [4.69, 9.17) is 4.42 Å². The maximum absolute atomic E-state index is 12.1. The maximum Gasteiger partial charge on any atom is 0.233 e. The second-order valence-corrected chi connectivity index (χ2v) is 4.07. The monoisotopic (exact) mass is 251 g/mol. The molecule has 90 valence electrons. The fraction of sp³-hybridized carbons (Fsp3) is 0.364. The molecule has 0 aromatic carbocycles. The van der Waals surface area contributed by atoms with E-state index in [9.17, 15) is 4.79 Å². The molecule has 0 bridgehead atoms. The molecule has 0 saturated heterocycles. The molecule has 0 radical (unpaired) electrons. The zero-order valence-electron chi connectivity index (χ0n) is 9.46. The lowest BCUT2D eigenvalue weighted by atomic mass is 10.2. The Kier molecular flexibility index (Phi) is 3.63. The fourth-order valence-corrected chi connectivity index (χ4v) is 1.75. The van der Waals surface area contributed by atoms with Gasteiger partial charge in [-0.2, -0.15) is 0 Å². The Hall–Kier alpha value is -1.56. The molecule has 0 aliphatic carbocycles. The van der Waals surface area contributed by atoms with Crippen LogP contribution in [0.1, 0.15) is 35.9 Å². The summed E-state index contributed by atoms with van der Waals surface area (Å²) in [5, 5.41) is 8.16. The van der Waals surface area contributed by atoms with Crippen molar-refractivity contribution < 1.29 is 9.21 Å². The van der Waals surface area contributed by atoms with Gasteiger partial charge in [0.2, 0.25) is 11.6 Å². The van der Waals surface area contributed by atoms with Gasteiger partial charge in [0.05, 0.1) is 11.8 Å². The van der Waals surface area contributed by atoms with Crippen LogP contribution in [-0.2, 0) is 6.54 Å². The number of carbonyl (C=O) groups excluding carboxylic acids is 1. The van der Waals surface area contributed by atoms with Gasteiger partial charge in [-0.15, -0.1) is 22.8 Å². The Morgan fingerprint density at radius 2 is 2.35 bits per heavy atom. The number of carbonyl (C=O) groups is 1. The van der Waals surface area contributed by atoms with E-state index in [-0.39, 0.29) is 5.78 Å². The molecule has 2 aromatic heterocycles. The summed E-state index contributed by atoms with van der Waals surface area (Å²) >= 11 is 4.20. The average Bonchev–Trinajstić information content (AvgIpc) is 2.95. The molecule has 0 amide bonds. The van der Waals surface area contributed by atoms with Crippen LogP contribution in [0.15, 0.2) is 28.2 Å². The van der Waals surface area contributed by atoms with Crippen molar-refractivity contribution >= 4 is 18.4 Å². The van der Waals surface area contributed by atoms with Crippen LogP contribution in [0.3, 0.4) is 0 Å². The molecule has 0 atom stereocenters. The molecule has 0 unspecified atom stereocenters. The summed E-state index contributed by atoms with van der Waals surface area (Å²) < 4.78 is 6.61. The van der Waals surface area contributed by atoms with Gasteiger partial charge >= 0.3 is 0 Å². The largest absolute Gasteiger partial charge is 0.472 e. The molecule has 6 heteroatoms. The van der Waals surface area contributed by atoms with Gasteiger partial charge in [0.15, 0.2) is 5.16 Å². The molecule has 0 saturated carbocycles. The number of hydrogen-bond donors (Lipinski definition) is 1. The topological polar surface area (TPSA) is 60.9 Å². The molecule has 0 aliphatic heterocycles. The highest BCUT2D eigenvalue weighted by Gasteiger charge is 2.19. The third-order valence-electron chi connectivity index (χ3n) is 2.45. The van der Waals surface area contributed by atoms with Crippen LogP contribution in [0.5, 0.6) is 0 Å². The predicted molar refractivity (Wildman–Crippen MR) is 64.3 cm³/mol. The molecule has 0 fully saturated rings. The zero-order chi connectivity index (χ0) is 12.3. The molecule has 17 heavy (non-hydrogen) atoms. The summed E-state index contributed by atoms with van der Waals surface area (Å²) in [6, 6.07) is 1.61. The Labute approximate surface area is 104 Å². The van der Waals surface area contributed by atoms with E-state index in [1.807, 2.05) is 0 Å². The molecule has 2 heterocycles. The average molecular weight is 251 g/mol. The highest BCUT2D eigenvalue weighted by atomic mass is 32.1. The van der Waals surface area contributed by atoms with Crippen LogP contribution in [0.25, 0.3) is 0 Å². The van der Waals surface area contributed by atoms with Gasteiger partial charge in [0, 0.05) is 6.54 Å². The predicted octanol–water partition coefficient (Wildman–Crippen LogP) is 2.19. The number of hydrogen-bond acceptors (Lipinski definition) is 5. The lowest BCUT2D eigenvalue weighted by Gasteiger charge is -2.05. The van der Waals surface area contributed by atoms with Crippen LogP contribution in [0.4, 0.5) is 0 Å². The molecule has 0 aliphatic rings. The van der Waals surface area contributed by atoms with Gasteiger partial charge in [0.1, 0.15) is 6.26 Å². The van der Waals surface area contributed by atoms with Crippen molar-refractivity contribution in [2.45, 2.75) is 31.5 Å². The maximum atomic E-state index is 12.1. The Morgan fingerprint density at radius 3 is 3.00 bits per heavy atom. The fourth-order valence-electron chi connectivity index (χ4n) is 1.51. The normalized spacial score (nSPS) is 10.7. The second kappa shape index (κ2) is 5.18. The summed E-state index contributed by atoms with van der Waals surface area (Å²) in [4.78, 5) is 12.1. The summed E-state index contributed by atoms with van der Waals surface area (Å²) in [5.74, 6) is 0.118. The van der Waals surface area contributed by atoms with E-state index in [1.165, 1.54) is 12.5 Å². The minimum Gasteiger partial charge on any atom is -0.472 e. The summed E-state index contributed by atoms with van der Waals surface area (Å²) in [5.41, 5.74) is 0.475. The number of aromatic nitrogens is 3. The molecule has 5 nitrogen and oxygen atoms in total. The minimum absolute atomic E-state index is 0.192. The van der Waals surface area contributed by atoms with E-state index in [0.717, 1.165) is 12.8 Å². The molecule has 2 aromatic rings. The smallest absolute Gasteiger partial charge is 0.233 e. The van der Waals surface area contributed by atoms with Gasteiger partial charge in [-0.1, -0.05) is 13.3 Å². The quantitative estimate of drug-likeness (QED) is 0.653. The summed E-state index contributed by atoms with van der Waals surface area (Å²) in [6.07, 6.45) is 4.85. The van der Waals surface area contributed by atoms with Crippen LogP contribution in [0.2, 0.25) is 0 Å². The van der Waals surface area contributed by atoms with Gasteiger partial charge in [-0.25, -0.2) is 0 Å². The number of thiol groups is 1. The first-order valence-electron chi connectivity index (χ1n) is 5.43. The van der Waals surface area contributed by atoms with Crippen molar-refractivity contribution in [2.75, 3.05) is 0 Å². The lowest BCUT2D eigenvalue weighted by molar-refractivity contribution is 0.102. The van der Waals surface area contributed by atoms with Gasteiger partial charge in [-0.3, -0.25) is 9.36 Å².